The molecule has 0 aliphatic carbocycles. The highest BCUT2D eigenvalue weighted by Gasteiger charge is 2.19. The molecule has 0 heterocycles. The van der Waals surface area contributed by atoms with Crippen molar-refractivity contribution in [2.45, 2.75) is 38.2 Å². The van der Waals surface area contributed by atoms with Gasteiger partial charge in [0.2, 0.25) is 0 Å². The summed E-state index contributed by atoms with van der Waals surface area (Å²) in [5.41, 5.74) is 1.60. The zero-order chi connectivity index (χ0) is 16.8. The van der Waals surface area contributed by atoms with Gasteiger partial charge >= 0.3 is 6.03 Å². The molecule has 1 aromatic carbocycles. The lowest BCUT2D eigenvalue weighted by molar-refractivity contribution is 0.192. The number of amides is 2. The van der Waals surface area contributed by atoms with Crippen LogP contribution < -0.4 is 5.32 Å². The second-order valence-corrected chi connectivity index (χ2v) is 8.24. The van der Waals surface area contributed by atoms with Crippen LogP contribution in [0.3, 0.4) is 0 Å². The molecule has 0 bridgehead atoms. The molecular formula is C16H26N2O3S. The quantitative estimate of drug-likeness (QED) is 0.844. The van der Waals surface area contributed by atoms with E-state index in [-0.39, 0.29) is 17.4 Å². The molecule has 22 heavy (non-hydrogen) atoms. The number of hydrogen-bond donors (Lipinski definition) is 2. The summed E-state index contributed by atoms with van der Waals surface area (Å²) in [5, 5.41) is 11.8. The number of aliphatic hydroxyl groups is 1. The van der Waals surface area contributed by atoms with Gasteiger partial charge in [-0.15, -0.1) is 0 Å². The number of anilines is 1. The molecule has 0 fully saturated rings. The molecule has 0 spiro atoms. The maximum absolute atomic E-state index is 12.2. The Hall–Kier alpha value is -1.40. The van der Waals surface area contributed by atoms with Crippen molar-refractivity contribution in [2.75, 3.05) is 25.0 Å². The van der Waals surface area contributed by atoms with Gasteiger partial charge in [0.05, 0.1) is 6.61 Å². The highest BCUT2D eigenvalue weighted by atomic mass is 32.2. The van der Waals surface area contributed by atoms with Gasteiger partial charge in [0, 0.05) is 40.1 Å². The lowest BCUT2D eigenvalue weighted by Gasteiger charge is -2.21. The van der Waals surface area contributed by atoms with Crippen molar-refractivity contribution in [1.82, 2.24) is 4.90 Å². The Kier molecular flexibility index (Phi) is 7.03. The molecule has 124 valence electrons. The van der Waals surface area contributed by atoms with Gasteiger partial charge in [-0.1, -0.05) is 12.1 Å². The fourth-order valence-electron chi connectivity index (χ4n) is 1.83. The van der Waals surface area contributed by atoms with Crippen molar-refractivity contribution in [3.63, 3.8) is 0 Å². The monoisotopic (exact) mass is 326 g/mol. The van der Waals surface area contributed by atoms with Crippen molar-refractivity contribution in [2.24, 2.45) is 0 Å². The van der Waals surface area contributed by atoms with Gasteiger partial charge in [0.15, 0.2) is 0 Å². The van der Waals surface area contributed by atoms with E-state index in [2.05, 4.69) is 5.32 Å². The lowest BCUT2D eigenvalue weighted by Crippen LogP contribution is -2.36. The maximum atomic E-state index is 12.2. The first-order valence-corrected chi connectivity index (χ1v) is 8.74. The number of rotatable bonds is 6. The second kappa shape index (κ2) is 8.29. The largest absolute Gasteiger partial charge is 0.395 e. The molecule has 1 aromatic rings. The Morgan fingerprint density at radius 3 is 2.59 bits per heavy atom. The van der Waals surface area contributed by atoms with E-state index in [0.29, 0.717) is 24.5 Å². The molecule has 0 saturated heterocycles. The minimum atomic E-state index is -0.979. The van der Waals surface area contributed by atoms with Crippen LogP contribution >= 0.6 is 0 Å². The SMILES string of the molecule is CCN(CCO)C(=O)Nc1cccc(CS(=O)C(C)(C)C)c1. The summed E-state index contributed by atoms with van der Waals surface area (Å²) >= 11 is 0. The zero-order valence-corrected chi connectivity index (χ0v) is 14.6. The molecule has 0 radical (unpaired) electrons. The van der Waals surface area contributed by atoms with E-state index >= 15 is 0 Å². The number of nitrogens with zero attached hydrogens (tertiary/aromatic N) is 1. The number of nitrogens with one attached hydrogen (secondary N) is 1. The van der Waals surface area contributed by atoms with Crippen LogP contribution in [0.15, 0.2) is 24.3 Å². The van der Waals surface area contributed by atoms with Crippen molar-refractivity contribution >= 4 is 22.5 Å². The van der Waals surface area contributed by atoms with Gasteiger partial charge in [-0.2, -0.15) is 0 Å². The third kappa shape index (κ3) is 5.77. The number of hydrogen-bond acceptors (Lipinski definition) is 3. The van der Waals surface area contributed by atoms with Crippen molar-refractivity contribution in [1.29, 1.82) is 0 Å². The minimum absolute atomic E-state index is 0.0636. The molecule has 1 rings (SSSR count). The van der Waals surface area contributed by atoms with E-state index in [9.17, 15) is 9.00 Å². The second-order valence-electron chi connectivity index (χ2n) is 6.04. The van der Waals surface area contributed by atoms with E-state index in [1.807, 2.05) is 45.9 Å². The Bertz CT molecular complexity index is 526. The third-order valence-corrected chi connectivity index (χ3v) is 5.16. The van der Waals surface area contributed by atoms with Crippen LogP contribution in [0.1, 0.15) is 33.3 Å². The van der Waals surface area contributed by atoms with Gasteiger partial charge in [-0.3, -0.25) is 4.21 Å². The molecular weight excluding hydrogens is 300 g/mol. The molecule has 1 unspecified atom stereocenters. The standard InChI is InChI=1S/C16H26N2O3S/c1-5-18(9-10-19)15(20)17-14-8-6-7-13(11-14)12-22(21)16(2,3)4/h6-8,11,19H,5,9-10,12H2,1-4H3,(H,17,20). The predicted octanol–water partition coefficient (Wildman–Crippen LogP) is 2.58. The van der Waals surface area contributed by atoms with Gasteiger partial charge < -0.3 is 15.3 Å². The van der Waals surface area contributed by atoms with Crippen molar-refractivity contribution < 1.29 is 14.1 Å². The molecule has 2 amide bonds. The van der Waals surface area contributed by atoms with Crippen LogP contribution in [-0.4, -0.2) is 44.7 Å². The molecule has 0 saturated carbocycles. The number of urea groups is 1. The van der Waals surface area contributed by atoms with Gasteiger partial charge in [0.1, 0.15) is 0 Å². The molecule has 0 aromatic heterocycles. The minimum Gasteiger partial charge on any atom is -0.395 e. The van der Waals surface area contributed by atoms with Crippen LogP contribution in [0.2, 0.25) is 0 Å². The molecule has 0 aliphatic heterocycles. The summed E-state index contributed by atoms with van der Waals surface area (Å²) in [4.78, 5) is 13.6. The highest BCUT2D eigenvalue weighted by molar-refractivity contribution is 7.85. The summed E-state index contributed by atoms with van der Waals surface area (Å²) in [6.07, 6.45) is 0. The average molecular weight is 326 g/mol. The summed E-state index contributed by atoms with van der Waals surface area (Å²) in [6, 6.07) is 7.14. The molecule has 5 nitrogen and oxygen atoms in total. The van der Waals surface area contributed by atoms with Gasteiger partial charge in [-0.05, 0) is 45.4 Å². The topological polar surface area (TPSA) is 69.6 Å². The summed E-state index contributed by atoms with van der Waals surface area (Å²) in [5.74, 6) is 0.460. The zero-order valence-electron chi connectivity index (χ0n) is 13.8. The first-order chi connectivity index (χ1) is 10.3. The van der Waals surface area contributed by atoms with E-state index in [4.69, 9.17) is 5.11 Å². The van der Waals surface area contributed by atoms with E-state index in [1.165, 1.54) is 4.90 Å². The van der Waals surface area contributed by atoms with Crippen LogP contribution in [0.4, 0.5) is 10.5 Å². The smallest absolute Gasteiger partial charge is 0.321 e. The highest BCUT2D eigenvalue weighted by Crippen LogP contribution is 2.19. The molecule has 0 aliphatic rings. The van der Waals surface area contributed by atoms with Crippen LogP contribution in [0.25, 0.3) is 0 Å². The Labute approximate surface area is 135 Å². The van der Waals surface area contributed by atoms with E-state index in [1.54, 1.807) is 6.07 Å². The molecule has 6 heteroatoms. The summed E-state index contributed by atoms with van der Waals surface area (Å²) in [7, 11) is -0.979. The number of likely N-dealkylation sites (N-methyl/N-ethyl adjacent to an activating group) is 1. The number of carbonyl (C=O) groups is 1. The van der Waals surface area contributed by atoms with Crippen LogP contribution in [-0.2, 0) is 16.6 Å². The average Bonchev–Trinajstić information content (AvgIpc) is 2.43. The molecule has 1 atom stereocenters. The number of aliphatic hydroxyl groups excluding tert-OH is 1. The van der Waals surface area contributed by atoms with Gasteiger partial charge in [0.25, 0.3) is 0 Å². The summed E-state index contributed by atoms with van der Waals surface area (Å²) < 4.78 is 11.9. The Balaban J connectivity index is 2.76. The predicted molar refractivity (Wildman–Crippen MR) is 91.4 cm³/mol. The van der Waals surface area contributed by atoms with E-state index < -0.39 is 10.8 Å². The van der Waals surface area contributed by atoms with Crippen molar-refractivity contribution in [3.05, 3.63) is 29.8 Å². The Morgan fingerprint density at radius 2 is 2.05 bits per heavy atom. The summed E-state index contributed by atoms with van der Waals surface area (Å²) in [6.45, 7) is 8.47. The maximum Gasteiger partial charge on any atom is 0.321 e. The normalized spacial score (nSPS) is 12.8. The third-order valence-electron chi connectivity index (χ3n) is 3.20. The first-order valence-electron chi connectivity index (χ1n) is 7.42. The number of carbonyl (C=O) groups excluding carboxylic acids is 1. The molecule has 2 N–H and O–H groups in total. The number of benzene rings is 1. The lowest BCUT2D eigenvalue weighted by atomic mass is 10.2. The van der Waals surface area contributed by atoms with Crippen molar-refractivity contribution in [3.8, 4) is 0 Å². The van der Waals surface area contributed by atoms with Crippen LogP contribution in [0, 0.1) is 0 Å². The van der Waals surface area contributed by atoms with Crippen LogP contribution in [0.5, 0.6) is 0 Å². The fourth-order valence-corrected chi connectivity index (χ4v) is 2.75. The van der Waals surface area contributed by atoms with E-state index in [0.717, 1.165) is 5.56 Å². The fraction of sp³-hybridized carbons (Fsp3) is 0.562. The Morgan fingerprint density at radius 1 is 1.36 bits per heavy atom. The first kappa shape index (κ1) is 18.6. The van der Waals surface area contributed by atoms with Gasteiger partial charge in [-0.25, -0.2) is 4.79 Å².